The molecule has 0 radical (unpaired) electrons. The number of rotatable bonds is 3. The van der Waals surface area contributed by atoms with Crippen LogP contribution in [0.5, 0.6) is 5.75 Å². The molecule has 2 N–H and O–H groups in total. The molecule has 1 fully saturated rings. The minimum atomic E-state index is 0.0998. The summed E-state index contributed by atoms with van der Waals surface area (Å²) in [5, 5.41) is 0. The number of hydrogen-bond acceptors (Lipinski definition) is 2. The van der Waals surface area contributed by atoms with E-state index in [-0.39, 0.29) is 6.04 Å². The van der Waals surface area contributed by atoms with Gasteiger partial charge < -0.3 is 10.5 Å². The fraction of sp³-hybridized carbons (Fsp3) is 0.571. The van der Waals surface area contributed by atoms with E-state index in [9.17, 15) is 0 Å². The lowest BCUT2D eigenvalue weighted by Crippen LogP contribution is -2.24. The van der Waals surface area contributed by atoms with E-state index in [1.54, 1.807) is 7.11 Å². The zero-order valence-corrected chi connectivity index (χ0v) is 11.9. The van der Waals surface area contributed by atoms with E-state index < -0.39 is 0 Å². The molecule has 17 heavy (non-hydrogen) atoms. The van der Waals surface area contributed by atoms with Crippen molar-refractivity contribution in [3.63, 3.8) is 0 Å². The Morgan fingerprint density at radius 1 is 1.29 bits per heavy atom. The van der Waals surface area contributed by atoms with Crippen LogP contribution in [0.1, 0.15) is 43.7 Å². The maximum absolute atomic E-state index is 6.41. The highest BCUT2D eigenvalue weighted by Gasteiger charge is 2.24. The van der Waals surface area contributed by atoms with Gasteiger partial charge in [0.05, 0.1) is 7.11 Å². The van der Waals surface area contributed by atoms with Crippen molar-refractivity contribution in [1.29, 1.82) is 0 Å². The minimum Gasteiger partial charge on any atom is -0.496 e. The molecule has 94 valence electrons. The topological polar surface area (TPSA) is 35.2 Å². The third-order valence-electron chi connectivity index (χ3n) is 3.71. The highest BCUT2D eigenvalue weighted by Crippen LogP contribution is 2.37. The number of benzene rings is 1. The van der Waals surface area contributed by atoms with Crippen LogP contribution in [0.2, 0.25) is 0 Å². The van der Waals surface area contributed by atoms with Gasteiger partial charge in [0.25, 0.3) is 0 Å². The number of halogens is 1. The first-order valence-corrected chi connectivity index (χ1v) is 7.10. The van der Waals surface area contributed by atoms with Crippen LogP contribution in [-0.2, 0) is 0 Å². The van der Waals surface area contributed by atoms with Crippen LogP contribution >= 0.6 is 15.9 Å². The second-order valence-electron chi connectivity index (χ2n) is 4.81. The number of ether oxygens (including phenoxy) is 1. The van der Waals surface area contributed by atoms with Crippen molar-refractivity contribution in [2.75, 3.05) is 7.11 Å². The maximum Gasteiger partial charge on any atom is 0.123 e. The van der Waals surface area contributed by atoms with E-state index in [1.807, 2.05) is 12.1 Å². The number of nitrogens with two attached hydrogens (primary N) is 1. The van der Waals surface area contributed by atoms with Crippen LogP contribution in [0.3, 0.4) is 0 Å². The lowest BCUT2D eigenvalue weighted by molar-refractivity contribution is 0.301. The smallest absolute Gasteiger partial charge is 0.123 e. The van der Waals surface area contributed by atoms with Gasteiger partial charge >= 0.3 is 0 Å². The zero-order chi connectivity index (χ0) is 12.3. The van der Waals surface area contributed by atoms with Crippen molar-refractivity contribution in [2.45, 2.75) is 38.1 Å². The highest BCUT2D eigenvalue weighted by atomic mass is 79.9. The maximum atomic E-state index is 6.41. The van der Waals surface area contributed by atoms with Gasteiger partial charge in [-0.2, -0.15) is 0 Å². The van der Waals surface area contributed by atoms with E-state index in [0.717, 1.165) is 15.8 Å². The average molecular weight is 298 g/mol. The molecule has 1 atom stereocenters. The molecule has 0 spiro atoms. The number of methoxy groups -OCH3 is 1. The van der Waals surface area contributed by atoms with Crippen molar-refractivity contribution in [2.24, 2.45) is 11.7 Å². The standard InChI is InChI=1S/C14H20BrNO/c1-17-13-8-7-11(15)9-12(13)14(16)10-5-3-2-4-6-10/h7-10,14H,2-6,16H2,1H3/t14-/m0/s1. The Bertz CT molecular complexity index is 374. The highest BCUT2D eigenvalue weighted by molar-refractivity contribution is 9.10. The van der Waals surface area contributed by atoms with Gasteiger partial charge in [-0.05, 0) is 37.0 Å². The van der Waals surface area contributed by atoms with Gasteiger partial charge in [-0.3, -0.25) is 0 Å². The van der Waals surface area contributed by atoms with Gasteiger partial charge in [-0.25, -0.2) is 0 Å². The molecule has 0 unspecified atom stereocenters. The van der Waals surface area contributed by atoms with Crippen LogP contribution in [0, 0.1) is 5.92 Å². The summed E-state index contributed by atoms with van der Waals surface area (Å²) in [6.45, 7) is 0. The fourth-order valence-electron chi connectivity index (χ4n) is 2.71. The quantitative estimate of drug-likeness (QED) is 0.914. The molecule has 0 heterocycles. The van der Waals surface area contributed by atoms with Gasteiger partial charge in [0, 0.05) is 16.1 Å². The van der Waals surface area contributed by atoms with E-state index in [2.05, 4.69) is 22.0 Å². The van der Waals surface area contributed by atoms with Crippen molar-refractivity contribution >= 4 is 15.9 Å². The predicted molar refractivity (Wildman–Crippen MR) is 74.2 cm³/mol. The Balaban J connectivity index is 2.21. The molecule has 0 amide bonds. The van der Waals surface area contributed by atoms with Gasteiger partial charge in [0.2, 0.25) is 0 Å². The first-order chi connectivity index (χ1) is 8.22. The molecule has 2 rings (SSSR count). The molecular formula is C14H20BrNO. The van der Waals surface area contributed by atoms with Crippen molar-refractivity contribution < 1.29 is 4.74 Å². The molecule has 1 aliphatic carbocycles. The number of hydrogen-bond donors (Lipinski definition) is 1. The Morgan fingerprint density at radius 2 is 2.00 bits per heavy atom. The van der Waals surface area contributed by atoms with E-state index >= 15 is 0 Å². The summed E-state index contributed by atoms with van der Waals surface area (Å²) < 4.78 is 6.48. The van der Waals surface area contributed by atoms with Crippen molar-refractivity contribution in [3.05, 3.63) is 28.2 Å². The Kier molecular flexibility index (Phi) is 4.46. The predicted octanol–water partition coefficient (Wildman–Crippen LogP) is 4.04. The molecule has 1 aromatic rings. The molecule has 0 saturated heterocycles. The zero-order valence-electron chi connectivity index (χ0n) is 10.3. The van der Waals surface area contributed by atoms with Gasteiger partial charge in [-0.15, -0.1) is 0 Å². The molecule has 2 nitrogen and oxygen atoms in total. The van der Waals surface area contributed by atoms with Gasteiger partial charge in [-0.1, -0.05) is 35.2 Å². The Morgan fingerprint density at radius 3 is 2.65 bits per heavy atom. The lowest BCUT2D eigenvalue weighted by atomic mass is 9.81. The van der Waals surface area contributed by atoms with Crippen LogP contribution < -0.4 is 10.5 Å². The molecule has 1 saturated carbocycles. The molecule has 3 heteroatoms. The summed E-state index contributed by atoms with van der Waals surface area (Å²) >= 11 is 3.51. The summed E-state index contributed by atoms with van der Waals surface area (Å²) in [5.74, 6) is 1.51. The van der Waals surface area contributed by atoms with E-state index in [4.69, 9.17) is 10.5 Å². The molecule has 1 aromatic carbocycles. The summed E-state index contributed by atoms with van der Waals surface area (Å²) in [5.41, 5.74) is 7.55. The van der Waals surface area contributed by atoms with Crippen molar-refractivity contribution in [1.82, 2.24) is 0 Å². The normalized spacial score (nSPS) is 19.0. The van der Waals surface area contributed by atoms with Crippen LogP contribution in [0.25, 0.3) is 0 Å². The summed E-state index contributed by atoms with van der Waals surface area (Å²) in [6.07, 6.45) is 6.48. The van der Waals surface area contributed by atoms with Gasteiger partial charge in [0.1, 0.15) is 5.75 Å². The third-order valence-corrected chi connectivity index (χ3v) is 4.20. The largest absolute Gasteiger partial charge is 0.496 e. The molecular weight excluding hydrogens is 278 g/mol. The minimum absolute atomic E-state index is 0.0998. The van der Waals surface area contributed by atoms with E-state index in [0.29, 0.717) is 5.92 Å². The van der Waals surface area contributed by atoms with E-state index in [1.165, 1.54) is 32.1 Å². The van der Waals surface area contributed by atoms with Crippen molar-refractivity contribution in [3.8, 4) is 5.75 Å². The molecule has 0 aromatic heterocycles. The monoisotopic (exact) mass is 297 g/mol. The van der Waals surface area contributed by atoms with Crippen LogP contribution in [0.4, 0.5) is 0 Å². The first kappa shape index (κ1) is 12.9. The Hall–Kier alpha value is -0.540. The van der Waals surface area contributed by atoms with Gasteiger partial charge in [0.15, 0.2) is 0 Å². The summed E-state index contributed by atoms with van der Waals surface area (Å²) in [6, 6.07) is 6.18. The van der Waals surface area contributed by atoms with Crippen LogP contribution in [-0.4, -0.2) is 7.11 Å². The summed E-state index contributed by atoms with van der Waals surface area (Å²) in [7, 11) is 1.71. The second kappa shape index (κ2) is 5.87. The SMILES string of the molecule is COc1ccc(Br)cc1[C@@H](N)C1CCCCC1. The fourth-order valence-corrected chi connectivity index (χ4v) is 3.09. The Labute approximate surface area is 112 Å². The van der Waals surface area contributed by atoms with Crippen LogP contribution in [0.15, 0.2) is 22.7 Å². The summed E-state index contributed by atoms with van der Waals surface area (Å²) in [4.78, 5) is 0. The second-order valence-corrected chi connectivity index (χ2v) is 5.73. The molecule has 1 aliphatic rings. The molecule has 0 aliphatic heterocycles. The first-order valence-electron chi connectivity index (χ1n) is 6.31. The third kappa shape index (κ3) is 3.02. The average Bonchev–Trinajstić information content (AvgIpc) is 2.39. The molecule has 0 bridgehead atoms. The lowest BCUT2D eigenvalue weighted by Gasteiger charge is -2.28.